The number of benzene rings is 1. The summed E-state index contributed by atoms with van der Waals surface area (Å²) in [6.07, 6.45) is 5.10. The first-order valence-electron chi connectivity index (χ1n) is 8.93. The Hall–Kier alpha value is -2.04. The van der Waals surface area contributed by atoms with Crippen molar-refractivity contribution in [3.8, 4) is 0 Å². The minimum absolute atomic E-state index is 0.435. The number of aryl methyl sites for hydroxylation is 1. The number of carbonyl (C=O) groups is 2. The van der Waals surface area contributed by atoms with Gasteiger partial charge in [-0.1, -0.05) is 49.6 Å². The van der Waals surface area contributed by atoms with Crippen molar-refractivity contribution in [2.24, 2.45) is 0 Å². The molecule has 5 nitrogen and oxygen atoms in total. The van der Waals surface area contributed by atoms with Crippen LogP contribution in [0.1, 0.15) is 58.4 Å². The third-order valence-corrected chi connectivity index (χ3v) is 3.73. The topological polar surface area (TPSA) is 64.6 Å². The number of rotatable bonds is 9. The van der Waals surface area contributed by atoms with Crippen molar-refractivity contribution >= 4 is 12.1 Å². The summed E-state index contributed by atoms with van der Waals surface area (Å²) in [6, 6.07) is 9.75. The standard InChI is InChI=1S/C20H31NO4/c1-20(2,3)25-19(23)21-17(18(22)24-4)15-11-6-5-8-12-16-13-9-7-10-14-16/h7,9-10,13-14,17H,5-6,8,11-12,15H2,1-4H3,(H,21,23)/t17-/m0/s1. The number of carbonyl (C=O) groups excluding carboxylic acids is 2. The molecule has 0 aliphatic heterocycles. The Morgan fingerprint density at radius 2 is 1.68 bits per heavy atom. The summed E-state index contributed by atoms with van der Waals surface area (Å²) >= 11 is 0. The highest BCUT2D eigenvalue weighted by Gasteiger charge is 2.24. The fourth-order valence-electron chi connectivity index (χ4n) is 2.52. The van der Waals surface area contributed by atoms with E-state index in [2.05, 4.69) is 29.6 Å². The number of ether oxygens (including phenoxy) is 2. The van der Waals surface area contributed by atoms with Crippen LogP contribution in [0.15, 0.2) is 30.3 Å². The quantitative estimate of drug-likeness (QED) is 0.535. The monoisotopic (exact) mass is 349 g/mol. The Balaban J connectivity index is 2.28. The van der Waals surface area contributed by atoms with Crippen molar-refractivity contribution in [2.75, 3.05) is 7.11 Å². The molecule has 0 saturated heterocycles. The molecular weight excluding hydrogens is 318 g/mol. The normalized spacial score (nSPS) is 12.3. The lowest BCUT2D eigenvalue weighted by molar-refractivity contribution is -0.143. The lowest BCUT2D eigenvalue weighted by Gasteiger charge is -2.22. The molecule has 1 aromatic rings. The second-order valence-electron chi connectivity index (χ2n) is 7.16. The second-order valence-corrected chi connectivity index (χ2v) is 7.16. The number of alkyl carbamates (subject to hydrolysis) is 1. The van der Waals surface area contributed by atoms with E-state index in [1.807, 2.05) is 6.07 Å². The van der Waals surface area contributed by atoms with Crippen LogP contribution in [0, 0.1) is 0 Å². The maximum atomic E-state index is 11.8. The zero-order valence-electron chi connectivity index (χ0n) is 15.8. The summed E-state index contributed by atoms with van der Waals surface area (Å²) in [4.78, 5) is 23.7. The van der Waals surface area contributed by atoms with Gasteiger partial charge in [0.2, 0.25) is 0 Å². The molecule has 1 rings (SSSR count). The van der Waals surface area contributed by atoms with Gasteiger partial charge in [-0.3, -0.25) is 0 Å². The van der Waals surface area contributed by atoms with Crippen LogP contribution >= 0.6 is 0 Å². The van der Waals surface area contributed by atoms with Crippen molar-refractivity contribution in [1.29, 1.82) is 0 Å². The molecule has 0 aromatic heterocycles. The van der Waals surface area contributed by atoms with E-state index in [9.17, 15) is 9.59 Å². The molecule has 0 heterocycles. The fourth-order valence-corrected chi connectivity index (χ4v) is 2.52. The summed E-state index contributed by atoms with van der Waals surface area (Å²) in [7, 11) is 1.33. The summed E-state index contributed by atoms with van der Waals surface area (Å²) in [6.45, 7) is 5.35. The third-order valence-electron chi connectivity index (χ3n) is 3.73. The molecule has 0 unspecified atom stereocenters. The van der Waals surface area contributed by atoms with E-state index in [0.717, 1.165) is 32.1 Å². The first-order valence-corrected chi connectivity index (χ1v) is 8.93. The van der Waals surface area contributed by atoms with Crippen LogP contribution in [-0.4, -0.2) is 30.8 Å². The van der Waals surface area contributed by atoms with Gasteiger partial charge in [-0.05, 0) is 45.6 Å². The Morgan fingerprint density at radius 3 is 2.28 bits per heavy atom. The molecule has 25 heavy (non-hydrogen) atoms. The van der Waals surface area contributed by atoms with E-state index < -0.39 is 23.7 Å². The molecule has 0 aliphatic carbocycles. The third kappa shape index (κ3) is 9.75. The van der Waals surface area contributed by atoms with Crippen molar-refractivity contribution < 1.29 is 19.1 Å². The van der Waals surface area contributed by atoms with E-state index >= 15 is 0 Å². The van der Waals surface area contributed by atoms with Gasteiger partial charge in [-0.2, -0.15) is 0 Å². The van der Waals surface area contributed by atoms with E-state index in [1.54, 1.807) is 20.8 Å². The molecule has 0 spiro atoms. The van der Waals surface area contributed by atoms with Gasteiger partial charge in [-0.25, -0.2) is 9.59 Å². The smallest absolute Gasteiger partial charge is 0.408 e. The van der Waals surface area contributed by atoms with Crippen molar-refractivity contribution in [3.05, 3.63) is 35.9 Å². The van der Waals surface area contributed by atoms with E-state index in [1.165, 1.54) is 12.7 Å². The SMILES string of the molecule is COC(=O)[C@H](CCCCCCc1ccccc1)NC(=O)OC(C)(C)C. The molecule has 0 bridgehead atoms. The zero-order valence-corrected chi connectivity index (χ0v) is 15.8. The molecule has 0 radical (unpaired) electrons. The van der Waals surface area contributed by atoms with Gasteiger partial charge < -0.3 is 14.8 Å². The average molecular weight is 349 g/mol. The Bertz CT molecular complexity index is 522. The molecule has 5 heteroatoms. The van der Waals surface area contributed by atoms with Crippen molar-refractivity contribution in [1.82, 2.24) is 5.32 Å². The van der Waals surface area contributed by atoms with Crippen LogP contribution in [0.3, 0.4) is 0 Å². The summed E-state index contributed by atoms with van der Waals surface area (Å²) in [5, 5.41) is 2.61. The highest BCUT2D eigenvalue weighted by Crippen LogP contribution is 2.12. The number of amides is 1. The molecule has 1 atom stereocenters. The molecule has 0 saturated carbocycles. The predicted octanol–water partition coefficient (Wildman–Crippen LogP) is 4.25. The summed E-state index contributed by atoms with van der Waals surface area (Å²) in [5.74, 6) is -0.435. The average Bonchev–Trinajstić information content (AvgIpc) is 2.55. The van der Waals surface area contributed by atoms with Crippen LogP contribution in [0.2, 0.25) is 0 Å². The number of hydrogen-bond donors (Lipinski definition) is 1. The van der Waals surface area contributed by atoms with Crippen LogP contribution in [0.4, 0.5) is 4.79 Å². The molecule has 0 fully saturated rings. The molecule has 1 amide bonds. The summed E-state index contributed by atoms with van der Waals surface area (Å²) < 4.78 is 9.97. The van der Waals surface area contributed by atoms with Gasteiger partial charge in [0.1, 0.15) is 11.6 Å². The maximum absolute atomic E-state index is 11.8. The molecule has 1 N–H and O–H groups in total. The molecule has 1 aromatic carbocycles. The highest BCUT2D eigenvalue weighted by molar-refractivity contribution is 5.81. The highest BCUT2D eigenvalue weighted by atomic mass is 16.6. The minimum Gasteiger partial charge on any atom is -0.467 e. The largest absolute Gasteiger partial charge is 0.467 e. The zero-order chi connectivity index (χ0) is 18.7. The van der Waals surface area contributed by atoms with E-state index in [-0.39, 0.29) is 0 Å². The maximum Gasteiger partial charge on any atom is 0.408 e. The number of nitrogens with one attached hydrogen (secondary N) is 1. The molecule has 140 valence electrons. The number of hydrogen-bond acceptors (Lipinski definition) is 4. The van der Waals surface area contributed by atoms with Gasteiger partial charge in [0.05, 0.1) is 7.11 Å². The minimum atomic E-state index is -0.658. The van der Waals surface area contributed by atoms with Crippen LogP contribution in [0.5, 0.6) is 0 Å². The van der Waals surface area contributed by atoms with Gasteiger partial charge in [0, 0.05) is 0 Å². The van der Waals surface area contributed by atoms with Gasteiger partial charge >= 0.3 is 12.1 Å². The van der Waals surface area contributed by atoms with Gasteiger partial charge in [-0.15, -0.1) is 0 Å². The Labute approximate surface area is 151 Å². The van der Waals surface area contributed by atoms with Gasteiger partial charge in [0.25, 0.3) is 0 Å². The second kappa shape index (κ2) is 10.7. The van der Waals surface area contributed by atoms with Crippen LogP contribution in [0.25, 0.3) is 0 Å². The Kier molecular flexibility index (Phi) is 9.03. The lowest BCUT2D eigenvalue weighted by Crippen LogP contribution is -2.44. The Morgan fingerprint density at radius 1 is 1.04 bits per heavy atom. The molecule has 0 aliphatic rings. The molecular formula is C20H31NO4. The number of unbranched alkanes of at least 4 members (excludes halogenated alkanes) is 3. The van der Waals surface area contributed by atoms with Crippen LogP contribution < -0.4 is 5.32 Å². The number of esters is 1. The first-order chi connectivity index (χ1) is 11.8. The number of methoxy groups -OCH3 is 1. The lowest BCUT2D eigenvalue weighted by atomic mass is 10.0. The fraction of sp³-hybridized carbons (Fsp3) is 0.600. The predicted molar refractivity (Wildman–Crippen MR) is 98.4 cm³/mol. The van der Waals surface area contributed by atoms with Crippen molar-refractivity contribution in [2.45, 2.75) is 70.9 Å². The van der Waals surface area contributed by atoms with Crippen molar-refractivity contribution in [3.63, 3.8) is 0 Å². The van der Waals surface area contributed by atoms with E-state index in [0.29, 0.717) is 6.42 Å². The van der Waals surface area contributed by atoms with Gasteiger partial charge in [0.15, 0.2) is 0 Å². The first kappa shape index (κ1) is 21.0. The summed E-state index contributed by atoms with van der Waals surface area (Å²) in [5.41, 5.74) is 0.754. The van der Waals surface area contributed by atoms with E-state index in [4.69, 9.17) is 9.47 Å². The van der Waals surface area contributed by atoms with Crippen LogP contribution in [-0.2, 0) is 20.7 Å².